The number of carbonyl (C=O) groups excluding carboxylic acids is 2. The van der Waals surface area contributed by atoms with Crippen molar-refractivity contribution in [2.75, 3.05) is 18.5 Å². The van der Waals surface area contributed by atoms with Crippen molar-refractivity contribution in [3.05, 3.63) is 0 Å². The summed E-state index contributed by atoms with van der Waals surface area (Å²) < 4.78 is 5.42. The van der Waals surface area contributed by atoms with Gasteiger partial charge >= 0.3 is 6.09 Å². The molecule has 1 aromatic rings. The number of rotatable bonds is 4. The summed E-state index contributed by atoms with van der Waals surface area (Å²) >= 11 is 2.63. The normalized spacial score (nSPS) is 19.1. The molecule has 1 saturated heterocycles. The molecular formula is C11H16N4O3S2. The summed E-state index contributed by atoms with van der Waals surface area (Å²) in [4.78, 5) is 23.1. The smallest absolute Gasteiger partial charge is 0.413 e. The lowest BCUT2D eigenvalue weighted by Gasteiger charge is -2.09. The lowest BCUT2D eigenvalue weighted by Crippen LogP contribution is -2.30. The first-order valence-corrected chi connectivity index (χ1v) is 8.10. The number of nitrogens with one attached hydrogen (secondary N) is 2. The fourth-order valence-electron chi connectivity index (χ4n) is 1.71. The predicted molar refractivity (Wildman–Crippen MR) is 77.1 cm³/mol. The molecule has 2 heterocycles. The Kier molecular flexibility index (Phi) is 5.60. The molecule has 20 heavy (non-hydrogen) atoms. The molecule has 2 rings (SSSR count). The Balaban J connectivity index is 1.91. The maximum absolute atomic E-state index is 11.8. The SMILES string of the molecule is CCOC(=O)Nc1nnc(S[C@@H]2CCCCNC2=O)s1. The summed E-state index contributed by atoms with van der Waals surface area (Å²) in [5, 5.41) is 13.4. The number of hydrogen-bond donors (Lipinski definition) is 2. The predicted octanol–water partition coefficient (Wildman–Crippen LogP) is 1.87. The van der Waals surface area contributed by atoms with E-state index in [1.807, 2.05) is 0 Å². The highest BCUT2D eigenvalue weighted by Crippen LogP contribution is 2.31. The fourth-order valence-corrected chi connectivity index (χ4v) is 3.75. The molecule has 9 heteroatoms. The third-order valence-corrected chi connectivity index (χ3v) is 4.81. The second kappa shape index (κ2) is 7.44. The van der Waals surface area contributed by atoms with E-state index in [4.69, 9.17) is 4.74 Å². The number of hydrogen-bond acceptors (Lipinski definition) is 7. The van der Waals surface area contributed by atoms with Gasteiger partial charge in [-0.3, -0.25) is 10.1 Å². The highest BCUT2D eigenvalue weighted by atomic mass is 32.2. The van der Waals surface area contributed by atoms with Crippen LogP contribution in [0, 0.1) is 0 Å². The molecule has 1 atom stereocenters. The average molecular weight is 316 g/mol. The monoisotopic (exact) mass is 316 g/mol. The van der Waals surface area contributed by atoms with Crippen molar-refractivity contribution in [3.63, 3.8) is 0 Å². The number of nitrogens with zero attached hydrogens (tertiary/aromatic N) is 2. The zero-order valence-corrected chi connectivity index (χ0v) is 12.7. The molecule has 0 saturated carbocycles. The standard InChI is InChI=1S/C11H16N4O3S2/c1-2-18-10(17)13-9-14-15-11(20-9)19-7-5-3-4-6-12-8(7)16/h7H,2-6H2,1H3,(H,12,16)(H,13,14,17)/t7-/m1/s1. The van der Waals surface area contributed by atoms with Crippen LogP contribution in [-0.4, -0.2) is 40.6 Å². The van der Waals surface area contributed by atoms with Gasteiger partial charge in [0.15, 0.2) is 4.34 Å². The van der Waals surface area contributed by atoms with Crippen LogP contribution in [0.5, 0.6) is 0 Å². The van der Waals surface area contributed by atoms with E-state index in [1.54, 1.807) is 6.92 Å². The van der Waals surface area contributed by atoms with Gasteiger partial charge in [-0.2, -0.15) is 0 Å². The Hall–Kier alpha value is -1.35. The number of carbonyl (C=O) groups is 2. The first-order valence-electron chi connectivity index (χ1n) is 6.40. The highest BCUT2D eigenvalue weighted by molar-refractivity contribution is 8.02. The number of thioether (sulfide) groups is 1. The number of ether oxygens (including phenoxy) is 1. The van der Waals surface area contributed by atoms with Gasteiger partial charge in [-0.25, -0.2) is 4.79 Å². The summed E-state index contributed by atoms with van der Waals surface area (Å²) in [5.74, 6) is 0.0441. The second-order valence-electron chi connectivity index (χ2n) is 4.11. The lowest BCUT2D eigenvalue weighted by atomic mass is 10.2. The fraction of sp³-hybridized carbons (Fsp3) is 0.636. The number of anilines is 1. The van der Waals surface area contributed by atoms with Gasteiger partial charge in [-0.05, 0) is 19.8 Å². The Morgan fingerprint density at radius 2 is 2.40 bits per heavy atom. The van der Waals surface area contributed by atoms with E-state index in [0.29, 0.717) is 16.1 Å². The van der Waals surface area contributed by atoms with Crippen molar-refractivity contribution in [1.82, 2.24) is 15.5 Å². The second-order valence-corrected chi connectivity index (χ2v) is 6.54. The summed E-state index contributed by atoms with van der Waals surface area (Å²) in [6, 6.07) is 0. The first-order chi connectivity index (χ1) is 9.69. The van der Waals surface area contributed by atoms with Crippen LogP contribution >= 0.6 is 23.1 Å². The van der Waals surface area contributed by atoms with E-state index in [9.17, 15) is 9.59 Å². The molecule has 0 aliphatic carbocycles. The molecule has 2 amide bonds. The van der Waals surface area contributed by atoms with Gasteiger partial charge in [0.1, 0.15) is 0 Å². The van der Waals surface area contributed by atoms with E-state index in [0.717, 1.165) is 25.8 Å². The molecule has 0 bridgehead atoms. The molecule has 1 aliphatic rings. The lowest BCUT2D eigenvalue weighted by molar-refractivity contribution is -0.120. The minimum absolute atomic E-state index is 0.0441. The van der Waals surface area contributed by atoms with E-state index >= 15 is 0 Å². The molecule has 0 aromatic carbocycles. The maximum atomic E-state index is 11.8. The zero-order chi connectivity index (χ0) is 14.4. The molecule has 0 unspecified atom stereocenters. The summed E-state index contributed by atoms with van der Waals surface area (Å²) in [6.07, 6.45) is 2.31. The van der Waals surface area contributed by atoms with Gasteiger partial charge in [-0.1, -0.05) is 29.5 Å². The minimum atomic E-state index is -0.549. The van der Waals surface area contributed by atoms with Gasteiger partial charge in [0, 0.05) is 6.54 Å². The Morgan fingerprint density at radius 1 is 1.55 bits per heavy atom. The van der Waals surface area contributed by atoms with Crippen LogP contribution in [0.1, 0.15) is 26.2 Å². The van der Waals surface area contributed by atoms with Crippen molar-refractivity contribution in [3.8, 4) is 0 Å². The van der Waals surface area contributed by atoms with Crippen molar-refractivity contribution < 1.29 is 14.3 Å². The number of aromatic nitrogens is 2. The van der Waals surface area contributed by atoms with Crippen molar-refractivity contribution in [2.24, 2.45) is 0 Å². The molecule has 2 N–H and O–H groups in total. The van der Waals surface area contributed by atoms with Crippen LogP contribution in [0.3, 0.4) is 0 Å². The Bertz CT molecular complexity index is 480. The van der Waals surface area contributed by atoms with Crippen molar-refractivity contribution >= 4 is 40.2 Å². The largest absolute Gasteiger partial charge is 0.450 e. The molecule has 110 valence electrons. The maximum Gasteiger partial charge on any atom is 0.413 e. The van der Waals surface area contributed by atoms with Gasteiger partial charge in [0.25, 0.3) is 0 Å². The average Bonchev–Trinajstić information content (AvgIpc) is 2.74. The molecular weight excluding hydrogens is 300 g/mol. The van der Waals surface area contributed by atoms with Gasteiger partial charge in [0.05, 0.1) is 11.9 Å². The third-order valence-electron chi connectivity index (χ3n) is 2.62. The van der Waals surface area contributed by atoms with Gasteiger partial charge in [0.2, 0.25) is 11.0 Å². The highest BCUT2D eigenvalue weighted by Gasteiger charge is 2.23. The van der Waals surface area contributed by atoms with Crippen LogP contribution < -0.4 is 10.6 Å². The van der Waals surface area contributed by atoms with Crippen LogP contribution in [0.25, 0.3) is 0 Å². The molecule has 1 aromatic heterocycles. The van der Waals surface area contributed by atoms with Crippen molar-refractivity contribution in [1.29, 1.82) is 0 Å². The van der Waals surface area contributed by atoms with Crippen LogP contribution in [0.15, 0.2) is 4.34 Å². The molecule has 1 aliphatic heterocycles. The van der Waals surface area contributed by atoms with Crippen molar-refractivity contribution in [2.45, 2.75) is 35.8 Å². The molecule has 1 fully saturated rings. The third kappa shape index (κ3) is 4.34. The molecule has 0 spiro atoms. The van der Waals surface area contributed by atoms with E-state index in [1.165, 1.54) is 23.1 Å². The first kappa shape index (κ1) is 15.0. The van der Waals surface area contributed by atoms with Crippen LogP contribution in [0.2, 0.25) is 0 Å². The molecule has 0 radical (unpaired) electrons. The minimum Gasteiger partial charge on any atom is -0.450 e. The van der Waals surface area contributed by atoms with E-state index in [2.05, 4.69) is 20.8 Å². The summed E-state index contributed by atoms with van der Waals surface area (Å²) in [5.41, 5.74) is 0. The topological polar surface area (TPSA) is 93.2 Å². The summed E-state index contributed by atoms with van der Waals surface area (Å²) in [6.45, 7) is 2.77. The zero-order valence-electron chi connectivity index (χ0n) is 11.0. The van der Waals surface area contributed by atoms with Crippen LogP contribution in [-0.2, 0) is 9.53 Å². The van der Waals surface area contributed by atoms with E-state index < -0.39 is 6.09 Å². The van der Waals surface area contributed by atoms with Gasteiger partial charge < -0.3 is 10.1 Å². The summed E-state index contributed by atoms with van der Waals surface area (Å²) in [7, 11) is 0. The van der Waals surface area contributed by atoms with Gasteiger partial charge in [-0.15, -0.1) is 10.2 Å². The number of amides is 2. The Labute approximate surface area is 124 Å². The quantitative estimate of drug-likeness (QED) is 0.824. The van der Waals surface area contributed by atoms with E-state index in [-0.39, 0.29) is 11.2 Å². The van der Waals surface area contributed by atoms with Crippen LogP contribution in [0.4, 0.5) is 9.93 Å². The Morgan fingerprint density at radius 3 is 3.20 bits per heavy atom. The molecule has 7 nitrogen and oxygen atoms in total.